The van der Waals surface area contributed by atoms with E-state index in [0.717, 1.165) is 18.4 Å². The number of nitrogens with zero attached hydrogens (tertiary/aromatic N) is 3. The maximum Gasteiger partial charge on any atom is 0.186 e. The number of aryl methyl sites for hydroxylation is 1. The molecule has 112 valence electrons. The van der Waals surface area contributed by atoms with E-state index in [0.29, 0.717) is 6.42 Å². The molecule has 0 amide bonds. The lowest BCUT2D eigenvalue weighted by Crippen LogP contribution is -2.43. The monoisotopic (exact) mass is 305 g/mol. The minimum absolute atomic E-state index is 0.0630. The molecule has 0 radical (unpaired) electrons. The lowest BCUT2D eigenvalue weighted by molar-refractivity contribution is 0.471. The summed E-state index contributed by atoms with van der Waals surface area (Å²) < 4.78 is 25.6. The second-order valence-electron chi connectivity index (χ2n) is 5.41. The van der Waals surface area contributed by atoms with Gasteiger partial charge in [0.1, 0.15) is 5.25 Å². The first-order valence-electron chi connectivity index (χ1n) is 7.07. The van der Waals surface area contributed by atoms with Crippen molar-refractivity contribution in [2.24, 2.45) is 10.2 Å². The molecule has 1 heterocycles. The first kappa shape index (κ1) is 15.6. The van der Waals surface area contributed by atoms with Crippen molar-refractivity contribution in [3.63, 3.8) is 0 Å². The molecule has 21 heavy (non-hydrogen) atoms. The molecule has 0 bridgehead atoms. The van der Waals surface area contributed by atoms with Crippen LogP contribution in [0.25, 0.3) is 0 Å². The third kappa shape index (κ3) is 2.84. The van der Waals surface area contributed by atoms with E-state index >= 15 is 0 Å². The van der Waals surface area contributed by atoms with Gasteiger partial charge in [0.15, 0.2) is 15.4 Å². The molecule has 2 atom stereocenters. The van der Waals surface area contributed by atoms with Crippen LogP contribution in [0.3, 0.4) is 0 Å². The minimum Gasteiger partial charge on any atom is -0.223 e. The zero-order valence-corrected chi connectivity index (χ0v) is 13.1. The number of azo groups is 1. The summed E-state index contributed by atoms with van der Waals surface area (Å²) in [5.74, 6) is 0. The van der Waals surface area contributed by atoms with Crippen LogP contribution < -0.4 is 0 Å². The Hall–Kier alpha value is -1.74. The summed E-state index contributed by atoms with van der Waals surface area (Å²) in [6.45, 7) is 3.96. The third-order valence-electron chi connectivity index (χ3n) is 3.86. The normalized spacial score (nSPS) is 24.9. The Bertz CT molecular complexity index is 674. The standard InChI is InChI=1S/C15H19N3O2S/c1-3-4-9-15(11-16)14(10-17-18-15)21(19,20)13-7-5-12(2)6-8-13/h5-8,14H,3-4,9-10H2,1-2H3/t14-,15-/m0/s1. The van der Waals surface area contributed by atoms with E-state index in [4.69, 9.17) is 0 Å². The molecule has 1 aliphatic rings. The van der Waals surface area contributed by atoms with Gasteiger partial charge in [-0.1, -0.05) is 37.5 Å². The first-order chi connectivity index (χ1) is 9.96. The molecule has 2 rings (SSSR count). The summed E-state index contributed by atoms with van der Waals surface area (Å²) >= 11 is 0. The molecule has 1 aliphatic heterocycles. The fourth-order valence-corrected chi connectivity index (χ4v) is 4.35. The summed E-state index contributed by atoms with van der Waals surface area (Å²) in [5, 5.41) is 16.5. The Labute approximate surface area is 125 Å². The van der Waals surface area contributed by atoms with E-state index in [9.17, 15) is 13.7 Å². The summed E-state index contributed by atoms with van der Waals surface area (Å²) in [6, 6.07) is 8.81. The maximum atomic E-state index is 12.8. The highest BCUT2D eigenvalue weighted by Gasteiger charge is 2.50. The molecule has 5 nitrogen and oxygen atoms in total. The number of nitriles is 1. The average Bonchev–Trinajstić information content (AvgIpc) is 2.91. The number of sulfone groups is 1. The van der Waals surface area contributed by atoms with Gasteiger partial charge in [-0.25, -0.2) is 8.42 Å². The molecule has 0 spiro atoms. The van der Waals surface area contributed by atoms with Crippen LogP contribution in [-0.2, 0) is 9.84 Å². The lowest BCUT2D eigenvalue weighted by Gasteiger charge is -2.24. The highest BCUT2D eigenvalue weighted by molar-refractivity contribution is 7.92. The van der Waals surface area contributed by atoms with Crippen molar-refractivity contribution in [3.8, 4) is 6.07 Å². The SMILES string of the molecule is CCCC[C@@]1(C#N)N=NC[C@@H]1S(=O)(=O)c1ccc(C)cc1. The fraction of sp³-hybridized carbons (Fsp3) is 0.533. The first-order valence-corrected chi connectivity index (χ1v) is 8.61. The van der Waals surface area contributed by atoms with Crippen molar-refractivity contribution < 1.29 is 8.42 Å². The molecular formula is C15H19N3O2S. The van der Waals surface area contributed by atoms with Crippen molar-refractivity contribution >= 4 is 9.84 Å². The molecule has 0 unspecified atom stereocenters. The number of rotatable bonds is 5. The van der Waals surface area contributed by atoms with Crippen molar-refractivity contribution in [1.82, 2.24) is 0 Å². The highest BCUT2D eigenvalue weighted by atomic mass is 32.2. The predicted molar refractivity (Wildman–Crippen MR) is 79.7 cm³/mol. The van der Waals surface area contributed by atoms with Crippen LogP contribution >= 0.6 is 0 Å². The largest absolute Gasteiger partial charge is 0.223 e. The van der Waals surface area contributed by atoms with E-state index in [1.54, 1.807) is 24.3 Å². The van der Waals surface area contributed by atoms with Crippen LogP contribution in [0.4, 0.5) is 0 Å². The van der Waals surface area contributed by atoms with Gasteiger partial charge in [0.25, 0.3) is 0 Å². The number of unbranched alkanes of at least 4 members (excludes halogenated alkanes) is 1. The molecule has 1 aromatic rings. The van der Waals surface area contributed by atoms with E-state index in [1.807, 2.05) is 13.8 Å². The summed E-state index contributed by atoms with van der Waals surface area (Å²) in [5.41, 5.74) is -0.244. The molecular weight excluding hydrogens is 286 g/mol. The highest BCUT2D eigenvalue weighted by Crippen LogP contribution is 2.36. The van der Waals surface area contributed by atoms with Gasteiger partial charge in [0, 0.05) is 0 Å². The predicted octanol–water partition coefficient (Wildman–Crippen LogP) is 3.06. The van der Waals surface area contributed by atoms with Crippen molar-refractivity contribution in [3.05, 3.63) is 29.8 Å². The maximum absolute atomic E-state index is 12.8. The number of hydrogen-bond acceptors (Lipinski definition) is 5. The zero-order chi connectivity index (χ0) is 15.5. The van der Waals surface area contributed by atoms with E-state index < -0.39 is 20.6 Å². The van der Waals surface area contributed by atoms with Crippen LogP contribution in [0.15, 0.2) is 39.4 Å². The Balaban J connectivity index is 2.39. The third-order valence-corrected chi connectivity index (χ3v) is 6.08. The van der Waals surface area contributed by atoms with Gasteiger partial charge in [0.05, 0.1) is 17.5 Å². The molecule has 1 aromatic carbocycles. The quantitative estimate of drug-likeness (QED) is 0.838. The molecule has 0 aromatic heterocycles. The Morgan fingerprint density at radius 1 is 1.38 bits per heavy atom. The smallest absolute Gasteiger partial charge is 0.186 e. The lowest BCUT2D eigenvalue weighted by atomic mass is 9.92. The van der Waals surface area contributed by atoms with Gasteiger partial charge in [-0.2, -0.15) is 15.5 Å². The zero-order valence-electron chi connectivity index (χ0n) is 12.3. The van der Waals surface area contributed by atoms with Crippen molar-refractivity contribution in [2.45, 2.75) is 48.8 Å². The van der Waals surface area contributed by atoms with Crippen LogP contribution in [0.1, 0.15) is 31.7 Å². The Morgan fingerprint density at radius 3 is 2.62 bits per heavy atom. The number of hydrogen-bond donors (Lipinski definition) is 0. The van der Waals surface area contributed by atoms with Gasteiger partial charge >= 0.3 is 0 Å². The van der Waals surface area contributed by atoms with E-state index in [1.165, 1.54) is 0 Å². The number of benzene rings is 1. The van der Waals surface area contributed by atoms with Crippen LogP contribution in [-0.4, -0.2) is 25.8 Å². The topological polar surface area (TPSA) is 82.7 Å². The van der Waals surface area contributed by atoms with E-state index in [2.05, 4.69) is 16.3 Å². The second-order valence-corrected chi connectivity index (χ2v) is 7.54. The summed E-state index contributed by atoms with van der Waals surface area (Å²) in [7, 11) is -3.62. The molecule has 0 saturated carbocycles. The fourth-order valence-electron chi connectivity index (χ4n) is 2.51. The summed E-state index contributed by atoms with van der Waals surface area (Å²) in [4.78, 5) is 0.238. The average molecular weight is 305 g/mol. The van der Waals surface area contributed by atoms with E-state index in [-0.39, 0.29) is 11.4 Å². The van der Waals surface area contributed by atoms with Gasteiger partial charge in [-0.05, 0) is 25.5 Å². The van der Waals surface area contributed by atoms with Gasteiger partial charge in [-0.15, -0.1) is 0 Å². The molecule has 0 saturated heterocycles. The molecule has 0 fully saturated rings. The van der Waals surface area contributed by atoms with Crippen LogP contribution in [0.5, 0.6) is 0 Å². The summed E-state index contributed by atoms with van der Waals surface area (Å²) in [6.07, 6.45) is 2.07. The van der Waals surface area contributed by atoms with Crippen molar-refractivity contribution in [1.29, 1.82) is 5.26 Å². The van der Waals surface area contributed by atoms with Gasteiger partial charge in [0.2, 0.25) is 0 Å². The van der Waals surface area contributed by atoms with Crippen LogP contribution in [0, 0.1) is 18.3 Å². The van der Waals surface area contributed by atoms with Gasteiger partial charge in [-0.3, -0.25) is 0 Å². The molecule has 0 aliphatic carbocycles. The van der Waals surface area contributed by atoms with Gasteiger partial charge < -0.3 is 0 Å². The Morgan fingerprint density at radius 2 is 2.05 bits per heavy atom. The second kappa shape index (κ2) is 5.94. The Kier molecular flexibility index (Phi) is 4.43. The van der Waals surface area contributed by atoms with Crippen molar-refractivity contribution in [2.75, 3.05) is 6.54 Å². The molecule has 6 heteroatoms. The van der Waals surface area contributed by atoms with Crippen LogP contribution in [0.2, 0.25) is 0 Å². The molecule has 0 N–H and O–H groups in total. The minimum atomic E-state index is -3.62.